The van der Waals surface area contributed by atoms with Crippen molar-refractivity contribution in [3.8, 4) is 11.8 Å². The molecule has 196 valence electrons. The highest BCUT2D eigenvalue weighted by Gasteiger charge is 2.51. The zero-order valence-electron chi connectivity index (χ0n) is 22.1. The van der Waals surface area contributed by atoms with Gasteiger partial charge in [0.15, 0.2) is 0 Å². The summed E-state index contributed by atoms with van der Waals surface area (Å²) in [7, 11) is 0. The average molecular weight is 487 g/mol. The summed E-state index contributed by atoms with van der Waals surface area (Å²) in [5, 5.41) is 40.3. The van der Waals surface area contributed by atoms with Crippen molar-refractivity contribution in [1.29, 1.82) is 0 Å². The lowest BCUT2D eigenvalue weighted by Crippen LogP contribution is -2.40. The van der Waals surface area contributed by atoms with E-state index in [2.05, 4.69) is 44.4 Å². The van der Waals surface area contributed by atoms with E-state index in [0.717, 1.165) is 36.8 Å². The van der Waals surface area contributed by atoms with E-state index in [4.69, 9.17) is 4.74 Å². The van der Waals surface area contributed by atoms with Crippen LogP contribution in [0.2, 0.25) is 0 Å². The van der Waals surface area contributed by atoms with Crippen LogP contribution in [0.15, 0.2) is 35.5 Å². The van der Waals surface area contributed by atoms with Gasteiger partial charge in [0, 0.05) is 13.0 Å². The number of ether oxygens (including phenoxy) is 1. The molecule has 0 bridgehead atoms. The fraction of sp³-hybridized carbons (Fsp3) is 0.733. The molecule has 0 aliphatic heterocycles. The third-order valence-electron chi connectivity index (χ3n) is 9.05. The standard InChI is InChI=1S/C30H46O5/c1-6-30(34,19-31)16-14-28(35-7-2)21(4)25-12-13-26-22(9-8-15-29(25,26)5)10-11-23-17-24(32)18-27(33)20(23)3/h10-11,21,24-28,31-34H,3,6-9,12-13,15,17-19H2,1-2,4-5H3/b22-10-,23-11+/t21-,24-,25?,26?,27+,28?,29-,30?/m1/s1. The normalized spacial score (nSPS) is 36.9. The molecule has 4 N–H and O–H groups in total. The van der Waals surface area contributed by atoms with Crippen LogP contribution in [0.5, 0.6) is 0 Å². The van der Waals surface area contributed by atoms with E-state index in [-0.39, 0.29) is 24.0 Å². The molecule has 0 amide bonds. The molecule has 3 rings (SSSR count). The van der Waals surface area contributed by atoms with E-state index in [1.54, 1.807) is 0 Å². The number of allylic oxidation sites excluding steroid dienone is 3. The highest BCUT2D eigenvalue weighted by molar-refractivity contribution is 5.38. The first kappa shape index (κ1) is 28.2. The molecule has 4 unspecified atom stereocenters. The number of hydrogen-bond donors (Lipinski definition) is 4. The van der Waals surface area contributed by atoms with Crippen LogP contribution < -0.4 is 0 Å². The molecular formula is C30H46O5. The maximum absolute atomic E-state index is 10.5. The minimum atomic E-state index is -1.38. The van der Waals surface area contributed by atoms with Crippen molar-refractivity contribution in [1.82, 2.24) is 0 Å². The Hall–Kier alpha value is -1.42. The summed E-state index contributed by atoms with van der Waals surface area (Å²) in [6.07, 6.45) is 9.80. The molecule has 0 aromatic carbocycles. The number of hydrogen-bond acceptors (Lipinski definition) is 5. The van der Waals surface area contributed by atoms with Gasteiger partial charge in [-0.1, -0.05) is 56.9 Å². The lowest BCUT2D eigenvalue weighted by atomic mass is 9.60. The molecule has 5 heteroatoms. The predicted molar refractivity (Wildman–Crippen MR) is 139 cm³/mol. The van der Waals surface area contributed by atoms with Crippen molar-refractivity contribution >= 4 is 0 Å². The van der Waals surface area contributed by atoms with Crippen LogP contribution in [-0.2, 0) is 4.74 Å². The second-order valence-corrected chi connectivity index (χ2v) is 11.2. The van der Waals surface area contributed by atoms with Gasteiger partial charge in [0.25, 0.3) is 0 Å². The molecule has 8 atom stereocenters. The molecule has 0 aromatic heterocycles. The summed E-state index contributed by atoms with van der Waals surface area (Å²) in [5.74, 6) is 7.24. The van der Waals surface area contributed by atoms with Gasteiger partial charge in [-0.25, -0.2) is 0 Å². The molecule has 0 saturated heterocycles. The zero-order valence-corrected chi connectivity index (χ0v) is 22.1. The summed E-state index contributed by atoms with van der Waals surface area (Å²) >= 11 is 0. The lowest BCUT2D eigenvalue weighted by Gasteiger charge is -2.45. The molecule has 0 spiro atoms. The average Bonchev–Trinajstić information content (AvgIpc) is 3.19. The van der Waals surface area contributed by atoms with E-state index >= 15 is 0 Å². The fourth-order valence-electron chi connectivity index (χ4n) is 6.77. The number of rotatable bonds is 7. The highest BCUT2D eigenvalue weighted by atomic mass is 16.5. The van der Waals surface area contributed by atoms with Crippen LogP contribution >= 0.6 is 0 Å². The third-order valence-corrected chi connectivity index (χ3v) is 9.05. The second kappa shape index (κ2) is 11.8. The molecule has 5 nitrogen and oxygen atoms in total. The van der Waals surface area contributed by atoms with Crippen LogP contribution in [0.4, 0.5) is 0 Å². The third kappa shape index (κ3) is 6.12. The van der Waals surface area contributed by atoms with Gasteiger partial charge in [0.05, 0.1) is 18.8 Å². The predicted octanol–water partition coefficient (Wildman–Crippen LogP) is 4.31. The van der Waals surface area contributed by atoms with Gasteiger partial charge in [-0.05, 0) is 86.2 Å². The van der Waals surface area contributed by atoms with Crippen molar-refractivity contribution < 1.29 is 25.2 Å². The van der Waals surface area contributed by atoms with Gasteiger partial charge in [-0.3, -0.25) is 0 Å². The van der Waals surface area contributed by atoms with Crippen molar-refractivity contribution in [2.45, 2.75) is 103 Å². The molecule has 0 aromatic rings. The minimum absolute atomic E-state index is 0.152. The highest BCUT2D eigenvalue weighted by Crippen LogP contribution is 2.60. The van der Waals surface area contributed by atoms with Crippen LogP contribution in [-0.4, -0.2) is 57.6 Å². The van der Waals surface area contributed by atoms with E-state index in [0.29, 0.717) is 37.7 Å². The monoisotopic (exact) mass is 486 g/mol. The molecular weight excluding hydrogens is 440 g/mol. The summed E-state index contributed by atoms with van der Waals surface area (Å²) in [6, 6.07) is 0. The number of aliphatic hydroxyl groups is 4. The quantitative estimate of drug-likeness (QED) is 0.403. The molecule has 35 heavy (non-hydrogen) atoms. The van der Waals surface area contributed by atoms with Crippen LogP contribution in [0.1, 0.15) is 79.1 Å². The Kier molecular flexibility index (Phi) is 9.45. The fourth-order valence-corrected chi connectivity index (χ4v) is 6.77. The van der Waals surface area contributed by atoms with Crippen molar-refractivity contribution in [2.75, 3.05) is 13.2 Å². The number of fused-ring (bicyclic) bond motifs is 1. The van der Waals surface area contributed by atoms with Crippen LogP contribution in [0.3, 0.4) is 0 Å². The Bertz CT molecular complexity index is 873. The molecule has 3 aliphatic carbocycles. The second-order valence-electron chi connectivity index (χ2n) is 11.2. The van der Waals surface area contributed by atoms with Crippen molar-refractivity contribution in [2.24, 2.45) is 23.2 Å². The van der Waals surface area contributed by atoms with Gasteiger partial charge in [0.2, 0.25) is 0 Å². The van der Waals surface area contributed by atoms with Crippen LogP contribution in [0.25, 0.3) is 0 Å². The molecule has 0 heterocycles. The van der Waals surface area contributed by atoms with Gasteiger partial charge in [-0.2, -0.15) is 0 Å². The SMILES string of the molecule is C=C1/C(=C/C=C2/CCC[C@@]3(C)C2CCC3[C@@H](C)C(C#CC(O)(CC)CO)OCC)C[C@@H](O)C[C@@H]1O. The minimum Gasteiger partial charge on any atom is -0.393 e. The van der Waals surface area contributed by atoms with Gasteiger partial charge < -0.3 is 25.2 Å². The molecule has 3 aliphatic rings. The molecule has 3 saturated carbocycles. The Balaban J connectivity index is 1.82. The summed E-state index contributed by atoms with van der Waals surface area (Å²) in [5.41, 5.74) is 1.92. The first-order valence-corrected chi connectivity index (χ1v) is 13.5. The first-order chi connectivity index (χ1) is 16.6. The largest absolute Gasteiger partial charge is 0.393 e. The maximum Gasteiger partial charge on any atom is 0.148 e. The lowest BCUT2D eigenvalue weighted by molar-refractivity contribution is 0.00353. The van der Waals surface area contributed by atoms with E-state index in [1.165, 1.54) is 12.0 Å². The smallest absolute Gasteiger partial charge is 0.148 e. The molecule has 0 radical (unpaired) electrons. The summed E-state index contributed by atoms with van der Waals surface area (Å²) in [4.78, 5) is 0. The molecule has 3 fully saturated rings. The van der Waals surface area contributed by atoms with Gasteiger partial charge in [0.1, 0.15) is 11.7 Å². The Morgan fingerprint density at radius 2 is 2.00 bits per heavy atom. The maximum atomic E-state index is 10.5. The van der Waals surface area contributed by atoms with E-state index in [9.17, 15) is 20.4 Å². The first-order valence-electron chi connectivity index (χ1n) is 13.5. The van der Waals surface area contributed by atoms with E-state index in [1.807, 2.05) is 13.8 Å². The van der Waals surface area contributed by atoms with Crippen molar-refractivity contribution in [3.05, 3.63) is 35.5 Å². The Morgan fingerprint density at radius 1 is 1.26 bits per heavy atom. The number of aliphatic hydroxyl groups excluding tert-OH is 3. The summed E-state index contributed by atoms with van der Waals surface area (Å²) < 4.78 is 6.06. The van der Waals surface area contributed by atoms with Crippen molar-refractivity contribution in [3.63, 3.8) is 0 Å². The van der Waals surface area contributed by atoms with Crippen LogP contribution in [0, 0.1) is 35.0 Å². The zero-order chi connectivity index (χ0) is 25.8. The summed E-state index contributed by atoms with van der Waals surface area (Å²) in [6.45, 7) is 12.7. The van der Waals surface area contributed by atoms with Gasteiger partial charge >= 0.3 is 0 Å². The van der Waals surface area contributed by atoms with E-state index < -0.39 is 17.8 Å². The Morgan fingerprint density at radius 3 is 2.66 bits per heavy atom. The topological polar surface area (TPSA) is 90.2 Å². The Labute approximate surface area is 212 Å². The van der Waals surface area contributed by atoms with Gasteiger partial charge in [-0.15, -0.1) is 0 Å².